The quantitative estimate of drug-likeness (QED) is 0.648. The summed E-state index contributed by atoms with van der Waals surface area (Å²) < 4.78 is 0. The van der Waals surface area contributed by atoms with Gasteiger partial charge < -0.3 is 0 Å². The van der Waals surface area contributed by atoms with Crippen LogP contribution in [0.3, 0.4) is 0 Å². The van der Waals surface area contributed by atoms with Crippen LogP contribution < -0.4 is 0 Å². The van der Waals surface area contributed by atoms with Crippen LogP contribution in [0.2, 0.25) is 0 Å². The number of ketones is 1. The highest BCUT2D eigenvalue weighted by Gasteiger charge is 2.18. The van der Waals surface area contributed by atoms with Crippen LogP contribution in [0.4, 0.5) is 0 Å². The molecule has 1 aliphatic rings. The zero-order valence-electron chi connectivity index (χ0n) is 8.00. The van der Waals surface area contributed by atoms with Gasteiger partial charge in [0.2, 0.25) is 0 Å². The highest BCUT2D eigenvalue weighted by Crippen LogP contribution is 2.23. The predicted octanol–water partition coefficient (Wildman–Crippen LogP) is 3.36. The second-order valence-electron chi connectivity index (χ2n) is 3.77. The number of hydrogen-bond acceptors (Lipinski definition) is 1. The fraction of sp³-hybridized carbons (Fsp3) is 0.417. The number of carbonyl (C=O) groups excluding carboxylic acids is 1. The molecule has 1 aromatic rings. The fourth-order valence-electron chi connectivity index (χ4n) is 1.94. The van der Waals surface area contributed by atoms with Crippen LogP contribution in [-0.2, 0) is 6.42 Å². The van der Waals surface area contributed by atoms with Crippen LogP contribution in [0.15, 0.2) is 24.3 Å². The van der Waals surface area contributed by atoms with E-state index in [9.17, 15) is 4.79 Å². The smallest absolute Gasteiger partial charge is 0.164 e. The van der Waals surface area contributed by atoms with Crippen molar-refractivity contribution in [3.05, 3.63) is 35.4 Å². The Morgan fingerprint density at radius 1 is 1.29 bits per heavy atom. The van der Waals surface area contributed by atoms with Gasteiger partial charge in [-0.15, -0.1) is 0 Å². The van der Waals surface area contributed by atoms with Gasteiger partial charge in [-0.3, -0.25) is 4.79 Å². The number of aryl methyl sites for hydroxylation is 1. The average molecular weight is 253 g/mol. The standard InChI is InChI=1S/C12H13BrO/c13-10-6-3-5-9-4-1-2-7-11(9)12(14)8-10/h1-2,4,7,10H,3,5-6,8H2. The zero-order valence-corrected chi connectivity index (χ0v) is 9.59. The number of benzene rings is 1. The minimum Gasteiger partial charge on any atom is -0.294 e. The molecule has 1 atom stereocenters. The topological polar surface area (TPSA) is 17.1 Å². The average Bonchev–Trinajstić information content (AvgIpc) is 2.16. The van der Waals surface area contributed by atoms with Gasteiger partial charge in [0.05, 0.1) is 0 Å². The Hall–Kier alpha value is -0.630. The van der Waals surface area contributed by atoms with E-state index in [2.05, 4.69) is 22.0 Å². The van der Waals surface area contributed by atoms with E-state index in [-0.39, 0.29) is 5.78 Å². The summed E-state index contributed by atoms with van der Waals surface area (Å²) in [7, 11) is 0. The van der Waals surface area contributed by atoms with E-state index in [1.807, 2.05) is 18.2 Å². The summed E-state index contributed by atoms with van der Waals surface area (Å²) in [6.45, 7) is 0. The molecule has 0 fully saturated rings. The summed E-state index contributed by atoms with van der Waals surface area (Å²) in [4.78, 5) is 12.2. The molecular formula is C12H13BrO. The summed E-state index contributed by atoms with van der Waals surface area (Å²) in [6.07, 6.45) is 3.93. The molecule has 1 aromatic carbocycles. The number of hydrogen-bond donors (Lipinski definition) is 0. The number of fused-ring (bicyclic) bond motifs is 1. The zero-order chi connectivity index (χ0) is 9.97. The van der Waals surface area contributed by atoms with Crippen molar-refractivity contribution in [2.75, 3.05) is 0 Å². The lowest BCUT2D eigenvalue weighted by molar-refractivity contribution is 0.0979. The van der Waals surface area contributed by atoms with E-state index < -0.39 is 0 Å². The van der Waals surface area contributed by atoms with Crippen LogP contribution in [0.25, 0.3) is 0 Å². The van der Waals surface area contributed by atoms with Crippen molar-refractivity contribution in [2.24, 2.45) is 0 Å². The van der Waals surface area contributed by atoms with Crippen molar-refractivity contribution < 1.29 is 4.79 Å². The molecule has 1 nitrogen and oxygen atoms in total. The highest BCUT2D eigenvalue weighted by atomic mass is 79.9. The van der Waals surface area contributed by atoms with E-state index in [1.54, 1.807) is 0 Å². The van der Waals surface area contributed by atoms with Gasteiger partial charge in [0, 0.05) is 16.8 Å². The van der Waals surface area contributed by atoms with Gasteiger partial charge in [0.15, 0.2) is 5.78 Å². The second-order valence-corrected chi connectivity index (χ2v) is 5.07. The Balaban J connectivity index is 2.34. The first kappa shape index (κ1) is 9.91. The van der Waals surface area contributed by atoms with Crippen molar-refractivity contribution in [3.8, 4) is 0 Å². The van der Waals surface area contributed by atoms with Gasteiger partial charge in [-0.25, -0.2) is 0 Å². The van der Waals surface area contributed by atoms with Crippen LogP contribution >= 0.6 is 15.9 Å². The van der Waals surface area contributed by atoms with Crippen LogP contribution in [-0.4, -0.2) is 10.6 Å². The number of carbonyl (C=O) groups is 1. The van der Waals surface area contributed by atoms with Gasteiger partial charge in [-0.1, -0.05) is 40.2 Å². The van der Waals surface area contributed by atoms with Gasteiger partial charge in [-0.2, -0.15) is 0 Å². The molecule has 0 aromatic heterocycles. The van der Waals surface area contributed by atoms with Crippen molar-refractivity contribution in [3.63, 3.8) is 0 Å². The molecule has 0 saturated heterocycles. The van der Waals surface area contributed by atoms with E-state index >= 15 is 0 Å². The third-order valence-electron chi connectivity index (χ3n) is 2.69. The Morgan fingerprint density at radius 3 is 2.93 bits per heavy atom. The lowest BCUT2D eigenvalue weighted by atomic mass is 9.92. The maximum Gasteiger partial charge on any atom is 0.164 e. The van der Waals surface area contributed by atoms with Crippen molar-refractivity contribution >= 4 is 21.7 Å². The molecule has 74 valence electrons. The van der Waals surface area contributed by atoms with E-state index in [4.69, 9.17) is 0 Å². The van der Waals surface area contributed by atoms with Gasteiger partial charge in [0.25, 0.3) is 0 Å². The molecule has 0 heterocycles. The maximum atomic E-state index is 11.8. The van der Waals surface area contributed by atoms with Crippen molar-refractivity contribution in [1.82, 2.24) is 0 Å². The summed E-state index contributed by atoms with van der Waals surface area (Å²) in [6, 6.07) is 7.98. The molecule has 0 saturated carbocycles. The van der Waals surface area contributed by atoms with Crippen molar-refractivity contribution in [2.45, 2.75) is 30.5 Å². The Bertz CT molecular complexity index is 346. The molecular weight excluding hydrogens is 240 g/mol. The molecule has 0 aliphatic heterocycles. The first-order valence-corrected chi connectivity index (χ1v) is 5.94. The van der Waals surface area contributed by atoms with Crippen LogP contribution in [0.5, 0.6) is 0 Å². The Labute approximate surface area is 92.6 Å². The first-order chi connectivity index (χ1) is 6.77. The molecule has 0 N–H and O–H groups in total. The lowest BCUT2D eigenvalue weighted by Gasteiger charge is -2.15. The molecule has 0 radical (unpaired) electrons. The molecule has 0 amide bonds. The molecule has 0 bridgehead atoms. The number of alkyl halides is 1. The number of Topliss-reactive ketones (excluding diaryl/α,β-unsaturated/α-hetero) is 1. The lowest BCUT2D eigenvalue weighted by Crippen LogP contribution is -2.13. The molecule has 14 heavy (non-hydrogen) atoms. The monoisotopic (exact) mass is 252 g/mol. The van der Waals surface area contributed by atoms with Gasteiger partial charge in [0.1, 0.15) is 0 Å². The van der Waals surface area contributed by atoms with Gasteiger partial charge >= 0.3 is 0 Å². The fourth-order valence-corrected chi connectivity index (χ4v) is 2.56. The third kappa shape index (κ3) is 2.06. The van der Waals surface area contributed by atoms with Crippen LogP contribution in [0.1, 0.15) is 35.2 Å². The summed E-state index contributed by atoms with van der Waals surface area (Å²) >= 11 is 3.54. The van der Waals surface area contributed by atoms with Crippen molar-refractivity contribution in [1.29, 1.82) is 0 Å². The molecule has 1 aliphatic carbocycles. The van der Waals surface area contributed by atoms with E-state index in [0.29, 0.717) is 11.2 Å². The summed E-state index contributed by atoms with van der Waals surface area (Å²) in [5.41, 5.74) is 2.15. The summed E-state index contributed by atoms with van der Waals surface area (Å²) in [5.74, 6) is 0.280. The second kappa shape index (κ2) is 4.26. The normalized spacial score (nSPS) is 22.4. The Morgan fingerprint density at radius 2 is 2.07 bits per heavy atom. The third-order valence-corrected chi connectivity index (χ3v) is 3.47. The molecule has 2 rings (SSSR count). The molecule has 1 unspecified atom stereocenters. The Kier molecular flexibility index (Phi) is 3.02. The largest absolute Gasteiger partial charge is 0.294 e. The number of rotatable bonds is 0. The number of halogens is 1. The molecule has 2 heteroatoms. The van der Waals surface area contributed by atoms with E-state index in [0.717, 1.165) is 18.4 Å². The molecule has 0 spiro atoms. The SMILES string of the molecule is O=C1CC(Br)CCCc2ccccc21. The maximum absolute atomic E-state index is 11.8. The van der Waals surface area contributed by atoms with Gasteiger partial charge in [-0.05, 0) is 24.8 Å². The van der Waals surface area contributed by atoms with E-state index in [1.165, 1.54) is 12.0 Å². The minimum atomic E-state index is 0.280. The first-order valence-electron chi connectivity index (χ1n) is 5.02. The summed E-state index contributed by atoms with van der Waals surface area (Å²) in [5, 5.41) is 0. The minimum absolute atomic E-state index is 0.280. The van der Waals surface area contributed by atoms with Crippen LogP contribution in [0, 0.1) is 0 Å². The predicted molar refractivity (Wildman–Crippen MR) is 61.0 cm³/mol. The highest BCUT2D eigenvalue weighted by molar-refractivity contribution is 9.09.